The Balaban J connectivity index is 1.91. The minimum Gasteiger partial charge on any atom is -0.305 e. The second kappa shape index (κ2) is 6.80. The molecule has 0 radical (unpaired) electrons. The van der Waals surface area contributed by atoms with Gasteiger partial charge in [-0.25, -0.2) is 9.97 Å². The zero-order chi connectivity index (χ0) is 18.4. The summed E-state index contributed by atoms with van der Waals surface area (Å²) >= 11 is 3.61. The van der Waals surface area contributed by atoms with E-state index in [1.54, 1.807) is 0 Å². The molecule has 0 aliphatic heterocycles. The predicted molar refractivity (Wildman–Crippen MR) is 111 cm³/mol. The number of benzene rings is 1. The first-order valence-corrected chi connectivity index (χ1v) is 10.4. The zero-order valence-corrected chi connectivity index (χ0v) is 17.6. The van der Waals surface area contributed by atoms with Crippen LogP contribution in [0.15, 0.2) is 28.7 Å². The Morgan fingerprint density at radius 1 is 1.23 bits per heavy atom. The van der Waals surface area contributed by atoms with Crippen molar-refractivity contribution in [3.63, 3.8) is 0 Å². The summed E-state index contributed by atoms with van der Waals surface area (Å²) in [6.45, 7) is 8.87. The van der Waals surface area contributed by atoms with E-state index in [9.17, 15) is 0 Å². The van der Waals surface area contributed by atoms with Crippen LogP contribution in [0.4, 0.5) is 0 Å². The molecule has 0 saturated heterocycles. The maximum Gasteiger partial charge on any atom is 0.161 e. The van der Waals surface area contributed by atoms with Gasteiger partial charge in [-0.1, -0.05) is 42.8 Å². The molecule has 0 spiro atoms. The average molecular weight is 412 g/mol. The van der Waals surface area contributed by atoms with Gasteiger partial charge in [0.05, 0.1) is 6.04 Å². The Morgan fingerprint density at radius 2 is 2.04 bits per heavy atom. The average Bonchev–Trinajstić information content (AvgIpc) is 3.14. The lowest BCUT2D eigenvalue weighted by atomic mass is 10.1. The van der Waals surface area contributed by atoms with E-state index in [1.807, 2.05) is 0 Å². The molecule has 0 bridgehead atoms. The summed E-state index contributed by atoms with van der Waals surface area (Å²) in [5, 5.41) is 0. The normalized spacial score (nSPS) is 16.6. The van der Waals surface area contributed by atoms with E-state index in [2.05, 4.69) is 72.5 Å². The Hall–Kier alpha value is -1.68. The monoisotopic (exact) mass is 411 g/mol. The summed E-state index contributed by atoms with van der Waals surface area (Å²) in [6.07, 6.45) is 4.18. The second-order valence-electron chi connectivity index (χ2n) is 7.85. The third-order valence-electron chi connectivity index (χ3n) is 5.36. The molecule has 0 saturated carbocycles. The molecule has 0 unspecified atom stereocenters. The van der Waals surface area contributed by atoms with Gasteiger partial charge in [-0.05, 0) is 67.0 Å². The molecule has 3 nitrogen and oxygen atoms in total. The number of fused-ring (bicyclic) bond motifs is 2. The molecule has 3 aromatic rings. The molecule has 0 N–H and O–H groups in total. The van der Waals surface area contributed by atoms with Gasteiger partial charge in [0.2, 0.25) is 0 Å². The van der Waals surface area contributed by atoms with Crippen LogP contribution in [-0.2, 0) is 19.3 Å². The lowest BCUT2D eigenvalue weighted by Gasteiger charge is -2.18. The fourth-order valence-electron chi connectivity index (χ4n) is 4.26. The zero-order valence-electron chi connectivity index (χ0n) is 16.0. The maximum atomic E-state index is 5.07. The number of halogens is 1. The molecule has 1 atom stereocenters. The van der Waals surface area contributed by atoms with E-state index >= 15 is 0 Å². The molecule has 2 aromatic heterocycles. The van der Waals surface area contributed by atoms with Crippen LogP contribution in [-0.4, -0.2) is 14.5 Å². The van der Waals surface area contributed by atoms with Gasteiger partial charge in [0, 0.05) is 16.6 Å². The molecule has 0 fully saturated rings. The largest absolute Gasteiger partial charge is 0.305 e. The van der Waals surface area contributed by atoms with Crippen molar-refractivity contribution in [2.75, 3.05) is 0 Å². The van der Waals surface area contributed by atoms with Crippen LogP contribution < -0.4 is 0 Å². The standard InChI is InChI=1S/C22H26BrN3/c1-5-20-25-21-14(4)11-17(10-13(2)3)24-22(21)26(20)19-9-6-15-12-16(23)7-8-18(15)19/h7-8,11-13,19H,5-6,9-10H2,1-4H3/t19-/m0/s1. The van der Waals surface area contributed by atoms with Crippen LogP contribution in [0.25, 0.3) is 11.2 Å². The van der Waals surface area contributed by atoms with E-state index in [-0.39, 0.29) is 0 Å². The molecule has 1 aliphatic carbocycles. The lowest BCUT2D eigenvalue weighted by Crippen LogP contribution is -2.12. The van der Waals surface area contributed by atoms with Crippen molar-refractivity contribution in [3.05, 3.63) is 56.9 Å². The number of aryl methyl sites for hydroxylation is 3. The van der Waals surface area contributed by atoms with Gasteiger partial charge in [0.15, 0.2) is 5.65 Å². The summed E-state index contributed by atoms with van der Waals surface area (Å²) in [6, 6.07) is 9.26. The highest BCUT2D eigenvalue weighted by Crippen LogP contribution is 2.38. The fourth-order valence-corrected chi connectivity index (χ4v) is 4.67. The van der Waals surface area contributed by atoms with Gasteiger partial charge >= 0.3 is 0 Å². The first kappa shape index (κ1) is 17.7. The number of nitrogens with zero attached hydrogens (tertiary/aromatic N) is 3. The summed E-state index contributed by atoms with van der Waals surface area (Å²) in [4.78, 5) is 10.0. The summed E-state index contributed by atoms with van der Waals surface area (Å²) in [5.41, 5.74) is 7.44. The molecule has 4 rings (SSSR count). The number of pyridine rings is 1. The summed E-state index contributed by atoms with van der Waals surface area (Å²) in [7, 11) is 0. The molecule has 4 heteroatoms. The Kier molecular flexibility index (Phi) is 4.64. The van der Waals surface area contributed by atoms with Crippen molar-refractivity contribution < 1.29 is 0 Å². The van der Waals surface area contributed by atoms with Gasteiger partial charge in [0.25, 0.3) is 0 Å². The van der Waals surface area contributed by atoms with E-state index in [0.29, 0.717) is 12.0 Å². The number of imidazole rings is 1. The van der Waals surface area contributed by atoms with Crippen molar-refractivity contribution in [1.82, 2.24) is 14.5 Å². The third-order valence-corrected chi connectivity index (χ3v) is 5.85. The van der Waals surface area contributed by atoms with Gasteiger partial charge in [0.1, 0.15) is 11.3 Å². The highest BCUT2D eigenvalue weighted by molar-refractivity contribution is 9.10. The van der Waals surface area contributed by atoms with E-state index in [0.717, 1.165) is 47.1 Å². The van der Waals surface area contributed by atoms with Crippen molar-refractivity contribution in [2.24, 2.45) is 5.92 Å². The van der Waals surface area contributed by atoms with E-state index in [1.165, 1.54) is 22.4 Å². The smallest absolute Gasteiger partial charge is 0.161 e. The molecule has 26 heavy (non-hydrogen) atoms. The van der Waals surface area contributed by atoms with Crippen LogP contribution >= 0.6 is 15.9 Å². The molecular formula is C22H26BrN3. The summed E-state index contributed by atoms with van der Waals surface area (Å²) < 4.78 is 3.59. The number of aromatic nitrogens is 3. The van der Waals surface area contributed by atoms with Gasteiger partial charge in [-0.3, -0.25) is 0 Å². The number of hydrogen-bond donors (Lipinski definition) is 0. The Morgan fingerprint density at radius 3 is 2.77 bits per heavy atom. The molecular weight excluding hydrogens is 386 g/mol. The minimum absolute atomic E-state index is 0.347. The van der Waals surface area contributed by atoms with Gasteiger partial charge in [-0.15, -0.1) is 0 Å². The molecule has 136 valence electrons. The molecule has 1 aromatic carbocycles. The topological polar surface area (TPSA) is 30.7 Å². The number of hydrogen-bond acceptors (Lipinski definition) is 2. The quantitative estimate of drug-likeness (QED) is 0.542. The van der Waals surface area contributed by atoms with Crippen molar-refractivity contribution >= 4 is 27.1 Å². The van der Waals surface area contributed by atoms with Crippen LogP contribution in [0.5, 0.6) is 0 Å². The molecule has 2 heterocycles. The summed E-state index contributed by atoms with van der Waals surface area (Å²) in [5.74, 6) is 1.75. The van der Waals surface area contributed by atoms with Crippen LogP contribution in [0, 0.1) is 12.8 Å². The Bertz CT molecular complexity index is 971. The highest BCUT2D eigenvalue weighted by Gasteiger charge is 2.28. The highest BCUT2D eigenvalue weighted by atomic mass is 79.9. The number of rotatable bonds is 4. The van der Waals surface area contributed by atoms with Crippen molar-refractivity contribution in [1.29, 1.82) is 0 Å². The third kappa shape index (κ3) is 2.98. The van der Waals surface area contributed by atoms with Gasteiger partial charge in [-0.2, -0.15) is 0 Å². The van der Waals surface area contributed by atoms with E-state index in [4.69, 9.17) is 9.97 Å². The van der Waals surface area contributed by atoms with Crippen molar-refractivity contribution in [2.45, 2.75) is 59.4 Å². The van der Waals surface area contributed by atoms with Crippen LogP contribution in [0.3, 0.4) is 0 Å². The van der Waals surface area contributed by atoms with Crippen molar-refractivity contribution in [3.8, 4) is 0 Å². The lowest BCUT2D eigenvalue weighted by molar-refractivity contribution is 0.565. The SMILES string of the molecule is CCc1nc2c(C)cc(CC(C)C)nc2n1[C@H]1CCc2cc(Br)ccc21. The first-order valence-electron chi connectivity index (χ1n) is 9.63. The van der Waals surface area contributed by atoms with Crippen LogP contribution in [0.2, 0.25) is 0 Å². The predicted octanol–water partition coefficient (Wildman–Crippen LogP) is 5.80. The molecule has 0 amide bonds. The van der Waals surface area contributed by atoms with Gasteiger partial charge < -0.3 is 4.57 Å². The second-order valence-corrected chi connectivity index (χ2v) is 8.77. The minimum atomic E-state index is 0.347. The van der Waals surface area contributed by atoms with E-state index < -0.39 is 0 Å². The maximum absolute atomic E-state index is 5.07. The van der Waals surface area contributed by atoms with Crippen LogP contribution in [0.1, 0.15) is 61.4 Å². The fraction of sp³-hybridized carbons (Fsp3) is 0.455. The first-order chi connectivity index (χ1) is 12.5. The molecule has 1 aliphatic rings. The Labute approximate surface area is 164 Å².